The Kier molecular flexibility index (Phi) is 3.46. The monoisotopic (exact) mass is 277 g/mol. The van der Waals surface area contributed by atoms with Crippen molar-refractivity contribution in [2.24, 2.45) is 5.92 Å². The topological polar surface area (TPSA) is 75.4 Å². The molecule has 6 nitrogen and oxygen atoms in total. The number of carbonyl (C=O) groups excluding carboxylic acids is 1. The molecule has 0 aromatic carbocycles. The normalized spacial score (nSPS) is 22.4. The van der Waals surface area contributed by atoms with Crippen molar-refractivity contribution in [1.82, 2.24) is 14.7 Å². The molecular weight excluding hydrogens is 258 g/mol. The maximum absolute atomic E-state index is 12.6. The molecule has 0 aliphatic carbocycles. The van der Waals surface area contributed by atoms with E-state index in [1.165, 1.54) is 0 Å². The minimum atomic E-state index is -0.806. The second-order valence-corrected chi connectivity index (χ2v) is 5.61. The molecule has 1 aromatic heterocycles. The second kappa shape index (κ2) is 5.26. The first-order chi connectivity index (χ1) is 9.66. The summed E-state index contributed by atoms with van der Waals surface area (Å²) >= 11 is 0. The van der Waals surface area contributed by atoms with Crippen LogP contribution in [-0.4, -0.2) is 44.8 Å². The molecule has 0 spiro atoms. The highest BCUT2D eigenvalue weighted by atomic mass is 16.4. The minimum absolute atomic E-state index is 0.0564. The molecule has 0 saturated carbocycles. The summed E-state index contributed by atoms with van der Waals surface area (Å²) in [6, 6.07) is 0. The van der Waals surface area contributed by atoms with Gasteiger partial charge in [0.1, 0.15) is 0 Å². The first-order valence-corrected chi connectivity index (χ1v) is 7.23. The Balaban J connectivity index is 1.78. The van der Waals surface area contributed by atoms with Gasteiger partial charge in [0.2, 0.25) is 0 Å². The van der Waals surface area contributed by atoms with Crippen LogP contribution >= 0.6 is 0 Å². The molecule has 1 N–H and O–H groups in total. The van der Waals surface area contributed by atoms with Gasteiger partial charge in [-0.05, 0) is 32.1 Å². The quantitative estimate of drug-likeness (QED) is 0.880. The molecule has 6 heteroatoms. The molecule has 1 amide bonds. The average molecular weight is 277 g/mol. The lowest BCUT2D eigenvalue weighted by molar-refractivity contribution is -0.143. The van der Waals surface area contributed by atoms with Gasteiger partial charge in [-0.15, -0.1) is 0 Å². The summed E-state index contributed by atoms with van der Waals surface area (Å²) in [6.07, 6.45) is 6.14. The molecule has 1 aromatic rings. The average Bonchev–Trinajstić information content (AvgIpc) is 2.90. The number of aryl methyl sites for hydroxylation is 1. The highest BCUT2D eigenvalue weighted by Crippen LogP contribution is 2.23. The predicted octanol–water partition coefficient (Wildman–Crippen LogP) is 1.16. The molecule has 108 valence electrons. The zero-order chi connectivity index (χ0) is 14.1. The van der Waals surface area contributed by atoms with Crippen molar-refractivity contribution < 1.29 is 14.7 Å². The van der Waals surface area contributed by atoms with Crippen LogP contribution in [0.3, 0.4) is 0 Å². The van der Waals surface area contributed by atoms with E-state index in [1.54, 1.807) is 11.1 Å². The fourth-order valence-electron chi connectivity index (χ4n) is 3.13. The molecule has 1 saturated heterocycles. The third-order valence-electron chi connectivity index (χ3n) is 4.27. The van der Waals surface area contributed by atoms with Gasteiger partial charge in [-0.3, -0.25) is 14.3 Å². The fraction of sp³-hybridized carbons (Fsp3) is 0.643. The van der Waals surface area contributed by atoms with Crippen LogP contribution < -0.4 is 0 Å². The Bertz CT molecular complexity index is 538. The van der Waals surface area contributed by atoms with Crippen molar-refractivity contribution in [2.75, 3.05) is 13.1 Å². The van der Waals surface area contributed by atoms with E-state index in [2.05, 4.69) is 5.10 Å². The zero-order valence-electron chi connectivity index (χ0n) is 11.4. The highest BCUT2D eigenvalue weighted by molar-refractivity contribution is 5.95. The van der Waals surface area contributed by atoms with E-state index < -0.39 is 11.9 Å². The van der Waals surface area contributed by atoms with Crippen molar-refractivity contribution in [2.45, 2.75) is 38.6 Å². The van der Waals surface area contributed by atoms with Gasteiger partial charge >= 0.3 is 5.97 Å². The molecule has 0 radical (unpaired) electrons. The number of hydrogen-bond acceptors (Lipinski definition) is 3. The predicted molar refractivity (Wildman–Crippen MR) is 71.4 cm³/mol. The van der Waals surface area contributed by atoms with Crippen molar-refractivity contribution in [3.05, 3.63) is 17.5 Å². The number of carboxylic acids is 1. The SMILES string of the molecule is O=C(O)[C@H]1CCCN(C(=O)c2cnn3c2CCCC3)C1. The third-order valence-corrected chi connectivity index (χ3v) is 4.27. The molecule has 2 aliphatic heterocycles. The Morgan fingerprint density at radius 2 is 2.10 bits per heavy atom. The molecule has 3 heterocycles. The lowest BCUT2D eigenvalue weighted by Gasteiger charge is -2.30. The van der Waals surface area contributed by atoms with Crippen LogP contribution in [0, 0.1) is 5.92 Å². The number of aromatic nitrogens is 2. The van der Waals surface area contributed by atoms with Crippen molar-refractivity contribution in [3.8, 4) is 0 Å². The summed E-state index contributed by atoms with van der Waals surface area (Å²) in [5.41, 5.74) is 1.68. The van der Waals surface area contributed by atoms with Crippen LogP contribution in [0.15, 0.2) is 6.20 Å². The van der Waals surface area contributed by atoms with Gasteiger partial charge in [0.15, 0.2) is 0 Å². The Morgan fingerprint density at radius 1 is 1.25 bits per heavy atom. The molecule has 3 rings (SSSR count). The van der Waals surface area contributed by atoms with Gasteiger partial charge in [0, 0.05) is 19.6 Å². The molecule has 1 fully saturated rings. The van der Waals surface area contributed by atoms with Crippen LogP contribution in [0.25, 0.3) is 0 Å². The van der Waals surface area contributed by atoms with Gasteiger partial charge in [-0.1, -0.05) is 0 Å². The maximum Gasteiger partial charge on any atom is 0.308 e. The summed E-state index contributed by atoms with van der Waals surface area (Å²) < 4.78 is 1.91. The summed E-state index contributed by atoms with van der Waals surface area (Å²) in [5, 5.41) is 13.4. The summed E-state index contributed by atoms with van der Waals surface area (Å²) in [7, 11) is 0. The Hall–Kier alpha value is -1.85. The van der Waals surface area contributed by atoms with Crippen molar-refractivity contribution >= 4 is 11.9 Å². The van der Waals surface area contributed by atoms with E-state index >= 15 is 0 Å². The fourth-order valence-corrected chi connectivity index (χ4v) is 3.13. The van der Waals surface area contributed by atoms with Crippen LogP contribution in [0.4, 0.5) is 0 Å². The van der Waals surface area contributed by atoms with Crippen molar-refractivity contribution in [3.63, 3.8) is 0 Å². The van der Waals surface area contributed by atoms with Crippen LogP contribution in [-0.2, 0) is 17.8 Å². The van der Waals surface area contributed by atoms with E-state index in [4.69, 9.17) is 5.11 Å². The first kappa shape index (κ1) is 13.1. The van der Waals surface area contributed by atoms with E-state index in [0.29, 0.717) is 25.1 Å². The minimum Gasteiger partial charge on any atom is -0.481 e. The molecule has 1 atom stereocenters. The number of fused-ring (bicyclic) bond motifs is 1. The zero-order valence-corrected chi connectivity index (χ0v) is 11.4. The van der Waals surface area contributed by atoms with Gasteiger partial charge in [-0.25, -0.2) is 0 Å². The Morgan fingerprint density at radius 3 is 2.90 bits per heavy atom. The number of nitrogens with zero attached hydrogens (tertiary/aromatic N) is 3. The van der Waals surface area contributed by atoms with E-state index in [0.717, 1.165) is 37.9 Å². The third kappa shape index (κ3) is 2.30. The molecule has 20 heavy (non-hydrogen) atoms. The number of hydrogen-bond donors (Lipinski definition) is 1. The molecule has 0 bridgehead atoms. The number of carbonyl (C=O) groups is 2. The van der Waals surface area contributed by atoms with Crippen LogP contribution in [0.1, 0.15) is 41.7 Å². The first-order valence-electron chi connectivity index (χ1n) is 7.23. The van der Waals surface area contributed by atoms with Crippen LogP contribution in [0.2, 0.25) is 0 Å². The molecular formula is C14H19N3O3. The summed E-state index contributed by atoms with van der Waals surface area (Å²) in [6.45, 7) is 1.84. The second-order valence-electron chi connectivity index (χ2n) is 5.61. The standard InChI is InChI=1S/C14H19N3O3/c18-13(16-6-3-4-10(9-16)14(19)20)11-8-15-17-7-2-1-5-12(11)17/h8,10H,1-7,9H2,(H,19,20)/t10-/m0/s1. The largest absolute Gasteiger partial charge is 0.481 e. The smallest absolute Gasteiger partial charge is 0.308 e. The lowest BCUT2D eigenvalue weighted by atomic mass is 9.97. The van der Waals surface area contributed by atoms with E-state index in [9.17, 15) is 9.59 Å². The number of amides is 1. The van der Waals surface area contributed by atoms with Gasteiger partial charge < -0.3 is 10.0 Å². The summed E-state index contributed by atoms with van der Waals surface area (Å²) in [5.74, 6) is -1.29. The number of piperidine rings is 1. The highest BCUT2D eigenvalue weighted by Gasteiger charge is 2.30. The van der Waals surface area contributed by atoms with Crippen molar-refractivity contribution in [1.29, 1.82) is 0 Å². The maximum atomic E-state index is 12.6. The van der Waals surface area contributed by atoms with E-state index in [-0.39, 0.29) is 5.91 Å². The summed E-state index contributed by atoms with van der Waals surface area (Å²) in [4.78, 5) is 25.3. The number of carboxylic acid groups (broad SMARTS) is 1. The van der Waals surface area contributed by atoms with E-state index in [1.807, 2.05) is 4.68 Å². The number of aliphatic carboxylic acids is 1. The Labute approximate surface area is 117 Å². The number of rotatable bonds is 2. The van der Waals surface area contributed by atoms with Gasteiger partial charge in [0.05, 0.1) is 23.4 Å². The van der Waals surface area contributed by atoms with Gasteiger partial charge in [0.25, 0.3) is 5.91 Å². The van der Waals surface area contributed by atoms with Crippen LogP contribution in [0.5, 0.6) is 0 Å². The lowest BCUT2D eigenvalue weighted by Crippen LogP contribution is -2.42. The molecule has 0 unspecified atom stereocenters. The molecule has 2 aliphatic rings. The van der Waals surface area contributed by atoms with Gasteiger partial charge in [-0.2, -0.15) is 5.10 Å². The number of likely N-dealkylation sites (tertiary alicyclic amines) is 1.